The van der Waals surface area contributed by atoms with Gasteiger partial charge >= 0.3 is 12.0 Å². The second kappa shape index (κ2) is 10.6. The van der Waals surface area contributed by atoms with E-state index in [1.165, 1.54) is 0 Å². The van der Waals surface area contributed by atoms with Gasteiger partial charge in [-0.15, -0.1) is 0 Å². The highest BCUT2D eigenvalue weighted by Gasteiger charge is 2.16. The van der Waals surface area contributed by atoms with E-state index < -0.39 is 5.97 Å². The van der Waals surface area contributed by atoms with E-state index in [0.717, 1.165) is 32.1 Å². The molecule has 0 spiro atoms. The molecule has 2 unspecified atom stereocenters. The number of nitrogens with one attached hydrogen (secondary N) is 2. The summed E-state index contributed by atoms with van der Waals surface area (Å²) >= 11 is 0. The third kappa shape index (κ3) is 9.33. The summed E-state index contributed by atoms with van der Waals surface area (Å²) in [5.74, 6) is -0.886. The van der Waals surface area contributed by atoms with Gasteiger partial charge in [0.05, 0.1) is 6.42 Å². The minimum Gasteiger partial charge on any atom is -0.481 e. The fraction of sp³-hybridized carbons (Fsp3) is 0.857. The van der Waals surface area contributed by atoms with Crippen molar-refractivity contribution in [2.45, 2.75) is 77.8 Å². The van der Waals surface area contributed by atoms with Crippen LogP contribution in [0.15, 0.2) is 0 Å². The number of urea groups is 1. The molecule has 3 N–H and O–H groups in total. The minimum atomic E-state index is -0.886. The van der Waals surface area contributed by atoms with Gasteiger partial charge in [-0.3, -0.25) is 4.79 Å². The van der Waals surface area contributed by atoms with Crippen LogP contribution in [0.1, 0.15) is 65.7 Å². The Morgan fingerprint density at radius 2 is 1.63 bits per heavy atom. The summed E-state index contributed by atoms with van der Waals surface area (Å²) in [7, 11) is 0. The van der Waals surface area contributed by atoms with Gasteiger partial charge in [0.25, 0.3) is 0 Å². The van der Waals surface area contributed by atoms with Crippen molar-refractivity contribution in [2.24, 2.45) is 0 Å². The van der Waals surface area contributed by atoms with E-state index in [1.54, 1.807) is 0 Å². The van der Waals surface area contributed by atoms with Gasteiger partial charge in [0.2, 0.25) is 0 Å². The molecule has 0 saturated heterocycles. The van der Waals surface area contributed by atoms with Crippen LogP contribution >= 0.6 is 0 Å². The van der Waals surface area contributed by atoms with Gasteiger partial charge < -0.3 is 15.7 Å². The number of amides is 2. The summed E-state index contributed by atoms with van der Waals surface area (Å²) in [5, 5.41) is 14.4. The highest BCUT2D eigenvalue weighted by Crippen LogP contribution is 2.07. The summed E-state index contributed by atoms with van der Waals surface area (Å²) in [4.78, 5) is 22.5. The van der Waals surface area contributed by atoms with Crippen molar-refractivity contribution in [3.8, 4) is 0 Å². The molecule has 0 aliphatic carbocycles. The Hall–Kier alpha value is -1.26. The zero-order valence-corrected chi connectivity index (χ0v) is 12.4. The first kappa shape index (κ1) is 17.7. The predicted molar refractivity (Wildman–Crippen MR) is 76.2 cm³/mol. The van der Waals surface area contributed by atoms with Crippen molar-refractivity contribution in [1.29, 1.82) is 0 Å². The van der Waals surface area contributed by atoms with E-state index in [4.69, 9.17) is 5.11 Å². The number of hydrogen-bond acceptors (Lipinski definition) is 2. The lowest BCUT2D eigenvalue weighted by atomic mass is 10.1. The number of carbonyl (C=O) groups is 2. The quantitative estimate of drug-likeness (QED) is 0.572. The van der Waals surface area contributed by atoms with Crippen LogP contribution in [0, 0.1) is 0 Å². The molecule has 19 heavy (non-hydrogen) atoms. The number of carboxylic acid groups (broad SMARTS) is 1. The lowest BCUT2D eigenvalue weighted by Crippen LogP contribution is -2.46. The number of unbranched alkanes of at least 4 members (excludes halogenated alkanes) is 1. The number of aliphatic carboxylic acids is 1. The zero-order valence-electron chi connectivity index (χ0n) is 12.4. The Balaban J connectivity index is 4.18. The van der Waals surface area contributed by atoms with Crippen molar-refractivity contribution < 1.29 is 14.7 Å². The zero-order chi connectivity index (χ0) is 14.7. The molecule has 0 saturated carbocycles. The van der Waals surface area contributed by atoms with Crippen LogP contribution in [0.25, 0.3) is 0 Å². The number of carbonyl (C=O) groups excluding carboxylic acids is 1. The van der Waals surface area contributed by atoms with Gasteiger partial charge in [0.1, 0.15) is 0 Å². The van der Waals surface area contributed by atoms with Gasteiger partial charge in [0.15, 0.2) is 0 Å². The summed E-state index contributed by atoms with van der Waals surface area (Å²) in [6, 6.07) is -0.360. The van der Waals surface area contributed by atoms with Crippen LogP contribution < -0.4 is 10.6 Å². The molecule has 0 rings (SSSR count). The number of carboxylic acids is 1. The fourth-order valence-corrected chi connectivity index (χ4v) is 2.01. The maximum atomic E-state index is 11.8. The van der Waals surface area contributed by atoms with Crippen molar-refractivity contribution >= 4 is 12.0 Å². The predicted octanol–water partition coefficient (Wildman–Crippen LogP) is 2.90. The molecule has 0 bridgehead atoms. The molecule has 2 amide bonds. The molecule has 112 valence electrons. The van der Waals surface area contributed by atoms with Crippen LogP contribution in [0.5, 0.6) is 0 Å². The van der Waals surface area contributed by atoms with E-state index in [1.807, 2.05) is 6.92 Å². The summed E-state index contributed by atoms with van der Waals surface area (Å²) in [6.07, 6.45) is 5.76. The lowest BCUT2D eigenvalue weighted by Gasteiger charge is -2.21. The SMILES string of the molecule is CCCCC(CCC)NC(=O)NC(CC)CC(=O)O. The molecule has 5 heteroatoms. The number of hydrogen-bond donors (Lipinski definition) is 3. The Morgan fingerprint density at radius 1 is 1.00 bits per heavy atom. The van der Waals surface area contributed by atoms with E-state index in [-0.39, 0.29) is 24.5 Å². The molecule has 0 aromatic heterocycles. The molecule has 0 fully saturated rings. The van der Waals surface area contributed by atoms with Crippen molar-refractivity contribution in [2.75, 3.05) is 0 Å². The van der Waals surface area contributed by atoms with Crippen molar-refractivity contribution in [3.63, 3.8) is 0 Å². The molecular formula is C14H28N2O3. The Labute approximate surface area is 116 Å². The van der Waals surface area contributed by atoms with Gasteiger partial charge in [-0.1, -0.05) is 40.0 Å². The van der Waals surface area contributed by atoms with E-state index in [9.17, 15) is 9.59 Å². The molecule has 0 aromatic carbocycles. The highest BCUT2D eigenvalue weighted by atomic mass is 16.4. The maximum Gasteiger partial charge on any atom is 0.315 e. The normalized spacial score (nSPS) is 13.6. The van der Waals surface area contributed by atoms with Gasteiger partial charge in [-0.2, -0.15) is 0 Å². The van der Waals surface area contributed by atoms with Crippen LogP contribution in [0.3, 0.4) is 0 Å². The highest BCUT2D eigenvalue weighted by molar-refractivity contribution is 5.76. The monoisotopic (exact) mass is 272 g/mol. The fourth-order valence-electron chi connectivity index (χ4n) is 2.01. The van der Waals surface area contributed by atoms with E-state index >= 15 is 0 Å². The Bertz CT molecular complexity index is 269. The van der Waals surface area contributed by atoms with Gasteiger partial charge in [0, 0.05) is 12.1 Å². The topological polar surface area (TPSA) is 78.4 Å². The first-order chi connectivity index (χ1) is 9.03. The van der Waals surface area contributed by atoms with Crippen molar-refractivity contribution in [3.05, 3.63) is 0 Å². The molecule has 0 radical (unpaired) electrons. The molecular weight excluding hydrogens is 244 g/mol. The molecule has 2 atom stereocenters. The van der Waals surface area contributed by atoms with Crippen LogP contribution in [-0.4, -0.2) is 29.2 Å². The molecule has 0 aliphatic heterocycles. The van der Waals surface area contributed by atoms with Crippen LogP contribution in [0.2, 0.25) is 0 Å². The Kier molecular flexibility index (Phi) is 9.94. The van der Waals surface area contributed by atoms with Crippen LogP contribution in [0.4, 0.5) is 4.79 Å². The molecule has 0 heterocycles. The lowest BCUT2D eigenvalue weighted by molar-refractivity contribution is -0.137. The molecule has 0 aliphatic rings. The first-order valence-electron chi connectivity index (χ1n) is 7.32. The van der Waals surface area contributed by atoms with E-state index in [2.05, 4.69) is 24.5 Å². The number of rotatable bonds is 10. The van der Waals surface area contributed by atoms with Gasteiger partial charge in [-0.05, 0) is 19.3 Å². The minimum absolute atomic E-state index is 0.0304. The standard InChI is InChI=1S/C14H28N2O3/c1-4-7-9-12(8-5-2)16-14(19)15-11(6-3)10-13(17)18/h11-12H,4-10H2,1-3H3,(H,17,18)(H2,15,16,19). The van der Waals surface area contributed by atoms with E-state index in [0.29, 0.717) is 6.42 Å². The molecule has 5 nitrogen and oxygen atoms in total. The average molecular weight is 272 g/mol. The third-order valence-corrected chi connectivity index (χ3v) is 3.13. The van der Waals surface area contributed by atoms with Gasteiger partial charge in [-0.25, -0.2) is 4.79 Å². The second-order valence-electron chi connectivity index (χ2n) is 4.95. The first-order valence-corrected chi connectivity index (χ1v) is 7.32. The average Bonchev–Trinajstić information content (AvgIpc) is 2.34. The summed E-state index contributed by atoms with van der Waals surface area (Å²) in [6.45, 7) is 6.09. The second-order valence-corrected chi connectivity index (χ2v) is 4.95. The summed E-state index contributed by atoms with van der Waals surface area (Å²) in [5.41, 5.74) is 0. The van der Waals surface area contributed by atoms with Crippen LogP contribution in [-0.2, 0) is 4.79 Å². The third-order valence-electron chi connectivity index (χ3n) is 3.13. The largest absolute Gasteiger partial charge is 0.481 e. The molecule has 0 aromatic rings. The maximum absolute atomic E-state index is 11.8. The smallest absolute Gasteiger partial charge is 0.315 e. The van der Waals surface area contributed by atoms with Crippen molar-refractivity contribution in [1.82, 2.24) is 10.6 Å². The Morgan fingerprint density at radius 3 is 2.11 bits per heavy atom. The summed E-state index contributed by atoms with van der Waals surface area (Å²) < 4.78 is 0.